The quantitative estimate of drug-likeness (QED) is 0.865. The summed E-state index contributed by atoms with van der Waals surface area (Å²) in [5.41, 5.74) is 9.26. The fourth-order valence-corrected chi connectivity index (χ4v) is 2.44. The highest BCUT2D eigenvalue weighted by Gasteiger charge is 2.19. The van der Waals surface area contributed by atoms with Crippen LogP contribution in [0.1, 0.15) is 30.9 Å². The second-order valence-corrected chi connectivity index (χ2v) is 4.63. The Hall–Kier alpha value is -1.35. The number of fused-ring (bicyclic) bond motifs is 1. The van der Waals surface area contributed by atoms with Crippen molar-refractivity contribution >= 4 is 11.6 Å². The molecule has 0 aliphatic carbocycles. The lowest BCUT2D eigenvalue weighted by Gasteiger charge is -2.29. The summed E-state index contributed by atoms with van der Waals surface area (Å²) in [6.45, 7) is 3.22. The number of rotatable bonds is 3. The van der Waals surface area contributed by atoms with Gasteiger partial charge >= 0.3 is 0 Å². The average molecular weight is 232 g/mol. The molecule has 1 heterocycles. The van der Waals surface area contributed by atoms with E-state index in [1.165, 1.54) is 11.1 Å². The molecule has 2 rings (SSSR count). The predicted octanol–water partition coefficient (Wildman–Crippen LogP) is 1.88. The monoisotopic (exact) mass is 232 g/mol. The van der Waals surface area contributed by atoms with Gasteiger partial charge in [0.2, 0.25) is 5.91 Å². The molecule has 1 aliphatic rings. The maximum atomic E-state index is 11.5. The minimum absolute atomic E-state index is 0.139. The number of carbonyl (C=O) groups is 1. The fraction of sp³-hybridized carbons (Fsp3) is 0.500. The van der Waals surface area contributed by atoms with Crippen LogP contribution >= 0.6 is 0 Å². The van der Waals surface area contributed by atoms with Gasteiger partial charge in [-0.25, -0.2) is 0 Å². The first kappa shape index (κ1) is 12.1. The standard InChI is InChI=1S/C14H20N2O/c1-11(17)16-9-3-5-13-10-12(4-2-8-15)6-7-14(13)16/h6-7,10H,2-5,8-9,15H2,1H3. The van der Waals surface area contributed by atoms with Crippen LogP contribution in [0.3, 0.4) is 0 Å². The maximum Gasteiger partial charge on any atom is 0.223 e. The normalized spacial score (nSPS) is 14.6. The van der Waals surface area contributed by atoms with Gasteiger partial charge in [-0.15, -0.1) is 0 Å². The molecule has 0 saturated heterocycles. The molecule has 0 spiro atoms. The number of hydrogen-bond donors (Lipinski definition) is 1. The van der Waals surface area contributed by atoms with Crippen molar-refractivity contribution in [1.82, 2.24) is 0 Å². The summed E-state index contributed by atoms with van der Waals surface area (Å²) >= 11 is 0. The Morgan fingerprint density at radius 2 is 2.29 bits per heavy atom. The third-order valence-electron chi connectivity index (χ3n) is 3.31. The summed E-state index contributed by atoms with van der Waals surface area (Å²) in [6.07, 6.45) is 4.20. The third kappa shape index (κ3) is 2.67. The number of aryl methyl sites for hydroxylation is 2. The summed E-state index contributed by atoms with van der Waals surface area (Å²) in [5.74, 6) is 0.139. The second-order valence-electron chi connectivity index (χ2n) is 4.63. The van der Waals surface area contributed by atoms with Gasteiger partial charge in [-0.1, -0.05) is 12.1 Å². The molecule has 3 nitrogen and oxygen atoms in total. The van der Waals surface area contributed by atoms with Gasteiger partial charge in [0.05, 0.1) is 0 Å². The smallest absolute Gasteiger partial charge is 0.223 e. The van der Waals surface area contributed by atoms with Crippen LogP contribution in [0, 0.1) is 0 Å². The number of hydrogen-bond acceptors (Lipinski definition) is 2. The van der Waals surface area contributed by atoms with Crippen molar-refractivity contribution in [3.63, 3.8) is 0 Å². The number of nitrogens with zero attached hydrogens (tertiary/aromatic N) is 1. The van der Waals surface area contributed by atoms with Crippen molar-refractivity contribution in [2.75, 3.05) is 18.0 Å². The minimum atomic E-state index is 0.139. The van der Waals surface area contributed by atoms with Crippen LogP contribution in [-0.4, -0.2) is 19.0 Å². The van der Waals surface area contributed by atoms with Crippen LogP contribution in [0.15, 0.2) is 18.2 Å². The Kier molecular flexibility index (Phi) is 3.79. The summed E-state index contributed by atoms with van der Waals surface area (Å²) in [6, 6.07) is 6.44. The zero-order chi connectivity index (χ0) is 12.3. The van der Waals surface area contributed by atoms with Crippen LogP contribution in [-0.2, 0) is 17.6 Å². The van der Waals surface area contributed by atoms with Crippen molar-refractivity contribution in [3.8, 4) is 0 Å². The molecule has 1 aromatic rings. The topological polar surface area (TPSA) is 46.3 Å². The van der Waals surface area contributed by atoms with E-state index in [0.717, 1.165) is 44.5 Å². The summed E-state index contributed by atoms with van der Waals surface area (Å²) < 4.78 is 0. The first-order chi connectivity index (χ1) is 8.22. The van der Waals surface area contributed by atoms with Crippen LogP contribution in [0.25, 0.3) is 0 Å². The van der Waals surface area contributed by atoms with Gasteiger partial charge in [-0.05, 0) is 49.4 Å². The van der Waals surface area contributed by atoms with Crippen molar-refractivity contribution < 1.29 is 4.79 Å². The largest absolute Gasteiger partial charge is 0.330 e. The lowest BCUT2D eigenvalue weighted by atomic mass is 9.97. The van der Waals surface area contributed by atoms with Gasteiger partial charge in [0.15, 0.2) is 0 Å². The van der Waals surface area contributed by atoms with E-state index in [1.54, 1.807) is 6.92 Å². The lowest BCUT2D eigenvalue weighted by Crippen LogP contribution is -2.33. The summed E-state index contributed by atoms with van der Waals surface area (Å²) in [7, 11) is 0. The van der Waals surface area contributed by atoms with Crippen molar-refractivity contribution in [1.29, 1.82) is 0 Å². The Labute approximate surface area is 103 Å². The molecular weight excluding hydrogens is 212 g/mol. The van der Waals surface area contributed by atoms with E-state index in [0.29, 0.717) is 0 Å². The van der Waals surface area contributed by atoms with E-state index in [1.807, 2.05) is 4.90 Å². The second kappa shape index (κ2) is 5.32. The highest BCUT2D eigenvalue weighted by atomic mass is 16.2. The highest BCUT2D eigenvalue weighted by molar-refractivity contribution is 5.92. The molecule has 0 fully saturated rings. The average Bonchev–Trinajstić information content (AvgIpc) is 2.35. The van der Waals surface area contributed by atoms with Gasteiger partial charge in [-0.2, -0.15) is 0 Å². The van der Waals surface area contributed by atoms with Crippen LogP contribution in [0.4, 0.5) is 5.69 Å². The van der Waals surface area contributed by atoms with Crippen molar-refractivity contribution in [3.05, 3.63) is 29.3 Å². The summed E-state index contributed by atoms with van der Waals surface area (Å²) in [5, 5.41) is 0. The molecule has 0 unspecified atom stereocenters. The van der Waals surface area contributed by atoms with E-state index >= 15 is 0 Å². The zero-order valence-corrected chi connectivity index (χ0v) is 10.4. The number of nitrogens with two attached hydrogens (primary N) is 1. The molecular formula is C14H20N2O. The maximum absolute atomic E-state index is 11.5. The Bertz CT molecular complexity index is 415. The zero-order valence-electron chi connectivity index (χ0n) is 10.4. The van der Waals surface area contributed by atoms with Gasteiger partial charge < -0.3 is 10.6 Å². The first-order valence-electron chi connectivity index (χ1n) is 6.32. The molecule has 0 radical (unpaired) electrons. The lowest BCUT2D eigenvalue weighted by molar-refractivity contribution is -0.116. The molecule has 92 valence electrons. The van der Waals surface area contributed by atoms with Crippen LogP contribution in [0.5, 0.6) is 0 Å². The van der Waals surface area contributed by atoms with E-state index in [9.17, 15) is 4.79 Å². The number of anilines is 1. The van der Waals surface area contributed by atoms with Crippen molar-refractivity contribution in [2.45, 2.75) is 32.6 Å². The van der Waals surface area contributed by atoms with Crippen LogP contribution < -0.4 is 10.6 Å². The number of carbonyl (C=O) groups excluding carboxylic acids is 1. The van der Waals surface area contributed by atoms with E-state index in [-0.39, 0.29) is 5.91 Å². The van der Waals surface area contributed by atoms with Gasteiger partial charge in [-0.3, -0.25) is 4.79 Å². The molecule has 17 heavy (non-hydrogen) atoms. The SMILES string of the molecule is CC(=O)N1CCCc2cc(CCCN)ccc21. The minimum Gasteiger partial charge on any atom is -0.330 e. The number of amides is 1. The molecule has 1 amide bonds. The highest BCUT2D eigenvalue weighted by Crippen LogP contribution is 2.28. The predicted molar refractivity (Wildman–Crippen MR) is 70.2 cm³/mol. The number of benzene rings is 1. The molecule has 1 aromatic carbocycles. The Morgan fingerprint density at radius 1 is 1.47 bits per heavy atom. The van der Waals surface area contributed by atoms with Gasteiger partial charge in [0.1, 0.15) is 0 Å². The third-order valence-corrected chi connectivity index (χ3v) is 3.31. The molecule has 0 aromatic heterocycles. The van der Waals surface area contributed by atoms with E-state index < -0.39 is 0 Å². The van der Waals surface area contributed by atoms with Crippen molar-refractivity contribution in [2.24, 2.45) is 5.73 Å². The first-order valence-corrected chi connectivity index (χ1v) is 6.32. The van der Waals surface area contributed by atoms with E-state index in [2.05, 4.69) is 18.2 Å². The molecule has 3 heteroatoms. The molecule has 0 bridgehead atoms. The molecule has 0 saturated carbocycles. The van der Waals surface area contributed by atoms with Gasteiger partial charge in [0, 0.05) is 19.2 Å². The fourth-order valence-electron chi connectivity index (χ4n) is 2.44. The van der Waals surface area contributed by atoms with E-state index in [4.69, 9.17) is 5.73 Å². The molecule has 2 N–H and O–H groups in total. The summed E-state index contributed by atoms with van der Waals surface area (Å²) in [4.78, 5) is 13.4. The van der Waals surface area contributed by atoms with Crippen LogP contribution in [0.2, 0.25) is 0 Å². The Morgan fingerprint density at radius 3 is 3.00 bits per heavy atom. The Balaban J connectivity index is 2.23. The molecule has 1 aliphatic heterocycles. The van der Waals surface area contributed by atoms with Gasteiger partial charge in [0.25, 0.3) is 0 Å². The molecule has 0 atom stereocenters.